The zero-order valence-corrected chi connectivity index (χ0v) is 15.1. The summed E-state index contributed by atoms with van der Waals surface area (Å²) in [5.41, 5.74) is 0.304. The van der Waals surface area contributed by atoms with Crippen molar-refractivity contribution in [3.05, 3.63) is 64.8 Å². The molecule has 2 N–H and O–H groups in total. The molecule has 2 aromatic heterocycles. The third kappa shape index (κ3) is 4.29. The van der Waals surface area contributed by atoms with Crippen molar-refractivity contribution in [2.45, 2.75) is 6.54 Å². The number of rotatable bonds is 6. The average Bonchev–Trinajstić information content (AvgIpc) is 2.97. The minimum Gasteiger partial charge on any atom is -0.329 e. The minimum absolute atomic E-state index is 0.0319. The number of aromatic amines is 1. The smallest absolute Gasteiger partial charge is 0.257 e. The molecule has 10 heteroatoms. The number of benzene rings is 1. The predicted octanol–water partition coefficient (Wildman–Crippen LogP) is 1.73. The highest BCUT2D eigenvalue weighted by molar-refractivity contribution is 7.88. The van der Waals surface area contributed by atoms with Gasteiger partial charge in [0.1, 0.15) is 11.6 Å². The fourth-order valence-electron chi connectivity index (χ4n) is 2.67. The molecule has 3 rings (SSSR count). The molecular weight excluding hydrogens is 378 g/mol. The van der Waals surface area contributed by atoms with E-state index < -0.39 is 27.2 Å². The molecule has 27 heavy (non-hydrogen) atoms. The molecule has 0 aliphatic carbocycles. The summed E-state index contributed by atoms with van der Waals surface area (Å²) < 4.78 is 53.9. The molecule has 0 saturated heterocycles. The van der Waals surface area contributed by atoms with Crippen molar-refractivity contribution in [1.29, 1.82) is 0 Å². The fourth-order valence-corrected chi connectivity index (χ4v) is 3.13. The summed E-state index contributed by atoms with van der Waals surface area (Å²) in [6.07, 6.45) is 3.86. The first-order valence-corrected chi connectivity index (χ1v) is 9.78. The van der Waals surface area contributed by atoms with E-state index in [2.05, 4.69) is 14.7 Å². The fraction of sp³-hybridized carbons (Fsp3) is 0.176. The van der Waals surface area contributed by atoms with Crippen LogP contribution in [0.15, 0.2) is 47.7 Å². The Morgan fingerprint density at radius 2 is 2.00 bits per heavy atom. The Morgan fingerprint density at radius 1 is 1.22 bits per heavy atom. The Labute approximate surface area is 153 Å². The maximum Gasteiger partial charge on any atom is 0.257 e. The molecule has 3 aromatic rings. The molecule has 0 spiro atoms. The number of halogens is 2. The van der Waals surface area contributed by atoms with Crippen molar-refractivity contribution in [3.8, 4) is 22.5 Å². The van der Waals surface area contributed by atoms with E-state index in [1.165, 1.54) is 18.6 Å². The number of nitrogens with one attached hydrogen (secondary N) is 2. The van der Waals surface area contributed by atoms with E-state index in [0.29, 0.717) is 5.69 Å². The lowest BCUT2D eigenvalue weighted by Gasteiger charge is -2.11. The van der Waals surface area contributed by atoms with Gasteiger partial charge in [-0.3, -0.25) is 4.79 Å². The molecule has 0 radical (unpaired) electrons. The van der Waals surface area contributed by atoms with Crippen LogP contribution in [0.4, 0.5) is 8.78 Å². The number of aromatic nitrogens is 3. The molecule has 0 fully saturated rings. The van der Waals surface area contributed by atoms with Crippen LogP contribution in [0.1, 0.15) is 0 Å². The Kier molecular flexibility index (Phi) is 5.19. The molecule has 0 amide bonds. The number of sulfonamides is 1. The van der Waals surface area contributed by atoms with Crippen LogP contribution >= 0.6 is 0 Å². The first-order valence-electron chi connectivity index (χ1n) is 7.89. The van der Waals surface area contributed by atoms with Gasteiger partial charge in [-0.25, -0.2) is 26.9 Å². The quantitative estimate of drug-likeness (QED) is 0.666. The minimum atomic E-state index is -3.39. The van der Waals surface area contributed by atoms with Crippen LogP contribution in [0.5, 0.6) is 0 Å². The summed E-state index contributed by atoms with van der Waals surface area (Å²) in [6, 6.07) is 6.22. The molecule has 0 aliphatic rings. The van der Waals surface area contributed by atoms with Crippen LogP contribution in [-0.4, -0.2) is 35.8 Å². The monoisotopic (exact) mass is 394 g/mol. The number of imidazole rings is 1. The third-order valence-electron chi connectivity index (χ3n) is 3.81. The van der Waals surface area contributed by atoms with E-state index in [1.807, 2.05) is 0 Å². The maximum absolute atomic E-state index is 14.3. The number of hydrogen-bond acceptors (Lipinski definition) is 4. The van der Waals surface area contributed by atoms with Crippen LogP contribution in [0.25, 0.3) is 22.5 Å². The Hall–Kier alpha value is -2.85. The normalized spacial score (nSPS) is 11.7. The van der Waals surface area contributed by atoms with E-state index in [1.54, 1.807) is 16.7 Å². The summed E-state index contributed by atoms with van der Waals surface area (Å²) in [6.45, 7) is 0.213. The van der Waals surface area contributed by atoms with Crippen molar-refractivity contribution in [3.63, 3.8) is 0 Å². The second kappa shape index (κ2) is 7.41. The summed E-state index contributed by atoms with van der Waals surface area (Å²) in [5, 5.41) is 0. The highest BCUT2D eigenvalue weighted by Gasteiger charge is 2.20. The van der Waals surface area contributed by atoms with E-state index in [9.17, 15) is 22.0 Å². The van der Waals surface area contributed by atoms with Gasteiger partial charge in [0, 0.05) is 30.9 Å². The van der Waals surface area contributed by atoms with Gasteiger partial charge >= 0.3 is 0 Å². The van der Waals surface area contributed by atoms with E-state index in [-0.39, 0.29) is 29.9 Å². The molecule has 0 saturated carbocycles. The molecule has 0 bridgehead atoms. The highest BCUT2D eigenvalue weighted by Crippen LogP contribution is 2.31. The largest absolute Gasteiger partial charge is 0.329 e. The standard InChI is InChI=1S/C17H16F2N4O3S/c1-27(25,26)22-7-8-23-10-21-15(12-5-4-11(18)9-14(12)19)16(23)13-3-2-6-20-17(13)24/h2-6,9-10,22H,7-8H2,1H3,(H,20,24). The topological polar surface area (TPSA) is 96.8 Å². The molecular formula is C17H16F2N4O3S. The van der Waals surface area contributed by atoms with Gasteiger partial charge in [0.05, 0.1) is 29.5 Å². The molecule has 142 valence electrons. The van der Waals surface area contributed by atoms with E-state index >= 15 is 0 Å². The lowest BCUT2D eigenvalue weighted by atomic mass is 10.1. The van der Waals surface area contributed by atoms with Gasteiger partial charge in [0.15, 0.2) is 0 Å². The molecule has 0 atom stereocenters. The summed E-state index contributed by atoms with van der Waals surface area (Å²) in [4.78, 5) is 19.0. The zero-order chi connectivity index (χ0) is 19.6. The Bertz CT molecular complexity index is 1140. The van der Waals surface area contributed by atoms with Gasteiger partial charge < -0.3 is 9.55 Å². The second-order valence-electron chi connectivity index (χ2n) is 5.84. The predicted molar refractivity (Wildman–Crippen MR) is 96.5 cm³/mol. The zero-order valence-electron chi connectivity index (χ0n) is 14.2. The summed E-state index contributed by atoms with van der Waals surface area (Å²) in [7, 11) is -3.39. The van der Waals surface area contributed by atoms with Gasteiger partial charge in [-0.05, 0) is 24.3 Å². The third-order valence-corrected chi connectivity index (χ3v) is 4.54. The maximum atomic E-state index is 14.3. The summed E-state index contributed by atoms with van der Waals surface area (Å²) >= 11 is 0. The first-order chi connectivity index (χ1) is 12.8. The number of H-pyrrole nitrogens is 1. The van der Waals surface area contributed by atoms with Crippen molar-refractivity contribution in [2.75, 3.05) is 12.8 Å². The average molecular weight is 394 g/mol. The van der Waals surface area contributed by atoms with Gasteiger partial charge in [0.25, 0.3) is 5.56 Å². The highest BCUT2D eigenvalue weighted by atomic mass is 32.2. The van der Waals surface area contributed by atoms with E-state index in [0.717, 1.165) is 18.4 Å². The summed E-state index contributed by atoms with van der Waals surface area (Å²) in [5.74, 6) is -1.55. The van der Waals surface area contributed by atoms with Crippen molar-refractivity contribution >= 4 is 10.0 Å². The van der Waals surface area contributed by atoms with E-state index in [4.69, 9.17) is 0 Å². The Balaban J connectivity index is 2.12. The van der Waals surface area contributed by atoms with Gasteiger partial charge in [-0.1, -0.05) is 0 Å². The van der Waals surface area contributed by atoms with Crippen LogP contribution in [0.3, 0.4) is 0 Å². The van der Waals surface area contributed by atoms with Crippen molar-refractivity contribution < 1.29 is 17.2 Å². The molecule has 0 aliphatic heterocycles. The lowest BCUT2D eigenvalue weighted by Crippen LogP contribution is -2.26. The first kappa shape index (κ1) is 18.9. The number of pyridine rings is 1. The second-order valence-corrected chi connectivity index (χ2v) is 7.67. The Morgan fingerprint density at radius 3 is 2.67 bits per heavy atom. The SMILES string of the molecule is CS(=O)(=O)NCCn1cnc(-c2ccc(F)cc2F)c1-c1ccc[nH]c1=O. The van der Waals surface area contributed by atoms with Crippen LogP contribution in [0, 0.1) is 11.6 Å². The van der Waals surface area contributed by atoms with Gasteiger partial charge in [-0.15, -0.1) is 0 Å². The van der Waals surface area contributed by atoms with Crippen LogP contribution in [0.2, 0.25) is 0 Å². The molecule has 7 nitrogen and oxygen atoms in total. The number of nitrogens with zero attached hydrogens (tertiary/aromatic N) is 2. The van der Waals surface area contributed by atoms with Crippen molar-refractivity contribution in [2.24, 2.45) is 0 Å². The molecule has 1 aromatic carbocycles. The number of hydrogen-bond donors (Lipinski definition) is 2. The van der Waals surface area contributed by atoms with Crippen LogP contribution in [-0.2, 0) is 16.6 Å². The van der Waals surface area contributed by atoms with Gasteiger partial charge in [0.2, 0.25) is 10.0 Å². The van der Waals surface area contributed by atoms with Crippen LogP contribution < -0.4 is 10.3 Å². The molecule has 0 unspecified atom stereocenters. The van der Waals surface area contributed by atoms with Gasteiger partial charge in [-0.2, -0.15) is 0 Å². The van der Waals surface area contributed by atoms with Crippen molar-refractivity contribution in [1.82, 2.24) is 19.3 Å². The molecule has 2 heterocycles. The lowest BCUT2D eigenvalue weighted by molar-refractivity contribution is 0.579.